The number of nitrogens with zero attached hydrogens (tertiary/aromatic N) is 3. The Labute approximate surface area is 135 Å². The van der Waals surface area contributed by atoms with Crippen LogP contribution in [0.4, 0.5) is 0 Å². The summed E-state index contributed by atoms with van der Waals surface area (Å²) in [5.41, 5.74) is 0.930. The average Bonchev–Trinajstić information content (AvgIpc) is 2.89. The summed E-state index contributed by atoms with van der Waals surface area (Å²) in [4.78, 5) is 4.52. The molecule has 1 fully saturated rings. The van der Waals surface area contributed by atoms with Gasteiger partial charge < -0.3 is 0 Å². The second-order valence-corrected chi connectivity index (χ2v) is 9.10. The fourth-order valence-corrected chi connectivity index (χ4v) is 5.40. The molecule has 5 nitrogen and oxygen atoms in total. The summed E-state index contributed by atoms with van der Waals surface area (Å²) >= 11 is 1.55. The van der Waals surface area contributed by atoms with Crippen molar-refractivity contribution in [3.63, 3.8) is 0 Å². The van der Waals surface area contributed by atoms with Gasteiger partial charge in [0.2, 0.25) is 0 Å². The van der Waals surface area contributed by atoms with E-state index in [9.17, 15) is 8.42 Å². The van der Waals surface area contributed by atoms with E-state index in [4.69, 9.17) is 0 Å². The van der Waals surface area contributed by atoms with Gasteiger partial charge in [-0.15, -0.1) is 11.3 Å². The summed E-state index contributed by atoms with van der Waals surface area (Å²) in [6.07, 6.45) is 2.04. The van der Waals surface area contributed by atoms with Crippen LogP contribution >= 0.6 is 11.3 Å². The van der Waals surface area contributed by atoms with Crippen LogP contribution in [0.3, 0.4) is 0 Å². The van der Waals surface area contributed by atoms with Gasteiger partial charge >= 0.3 is 0 Å². The van der Waals surface area contributed by atoms with Crippen LogP contribution in [0.25, 0.3) is 10.2 Å². The van der Waals surface area contributed by atoms with Gasteiger partial charge in [-0.3, -0.25) is 0 Å². The zero-order valence-corrected chi connectivity index (χ0v) is 14.5. The van der Waals surface area contributed by atoms with Crippen LogP contribution in [0, 0.1) is 5.92 Å². The molecule has 0 bridgehead atoms. The van der Waals surface area contributed by atoms with Crippen LogP contribution in [0.2, 0.25) is 0 Å². The number of benzene rings is 1. The number of thiazole rings is 1. The molecular weight excluding hydrogens is 318 g/mol. The van der Waals surface area contributed by atoms with Gasteiger partial charge in [0.25, 0.3) is 10.2 Å². The lowest BCUT2D eigenvalue weighted by Crippen LogP contribution is -2.45. The van der Waals surface area contributed by atoms with Crippen molar-refractivity contribution < 1.29 is 8.42 Å². The average molecular weight is 339 g/mol. The number of rotatable bonds is 4. The van der Waals surface area contributed by atoms with Crippen LogP contribution in [0.1, 0.15) is 24.8 Å². The van der Waals surface area contributed by atoms with Crippen LogP contribution in [0.15, 0.2) is 24.3 Å². The van der Waals surface area contributed by atoms with Crippen molar-refractivity contribution in [1.29, 1.82) is 0 Å². The molecule has 0 aliphatic carbocycles. The minimum Gasteiger partial charge on any atom is -0.240 e. The molecule has 0 N–H and O–H groups in total. The first kappa shape index (κ1) is 15.9. The van der Waals surface area contributed by atoms with Gasteiger partial charge in [-0.2, -0.15) is 17.0 Å². The maximum atomic E-state index is 12.7. The Kier molecular flexibility index (Phi) is 4.49. The summed E-state index contributed by atoms with van der Waals surface area (Å²) in [6, 6.07) is 7.88. The lowest BCUT2D eigenvalue weighted by molar-refractivity contribution is 0.263. The van der Waals surface area contributed by atoms with E-state index in [1.165, 1.54) is 4.31 Å². The summed E-state index contributed by atoms with van der Waals surface area (Å²) in [7, 11) is -1.76. The van der Waals surface area contributed by atoms with Crippen molar-refractivity contribution in [2.45, 2.75) is 26.3 Å². The quantitative estimate of drug-likeness (QED) is 0.860. The van der Waals surface area contributed by atoms with Crippen molar-refractivity contribution in [2.24, 2.45) is 5.92 Å². The van der Waals surface area contributed by atoms with Gasteiger partial charge in [0, 0.05) is 20.1 Å². The van der Waals surface area contributed by atoms with Gasteiger partial charge in [-0.1, -0.05) is 19.1 Å². The van der Waals surface area contributed by atoms with Crippen LogP contribution < -0.4 is 0 Å². The van der Waals surface area contributed by atoms with E-state index in [-0.39, 0.29) is 0 Å². The molecule has 22 heavy (non-hydrogen) atoms. The number of hydrogen-bond acceptors (Lipinski definition) is 4. The number of para-hydroxylation sites is 1. The summed E-state index contributed by atoms with van der Waals surface area (Å²) in [5, 5.41) is 0.831. The molecule has 1 aromatic carbocycles. The van der Waals surface area contributed by atoms with Crippen LogP contribution in [-0.4, -0.2) is 42.1 Å². The zero-order valence-electron chi connectivity index (χ0n) is 12.9. The van der Waals surface area contributed by atoms with Crippen molar-refractivity contribution in [3.05, 3.63) is 29.3 Å². The fraction of sp³-hybridized carbons (Fsp3) is 0.533. The molecule has 1 aliphatic heterocycles. The second-order valence-electron chi connectivity index (χ2n) is 5.94. The molecule has 0 spiro atoms. The van der Waals surface area contributed by atoms with E-state index in [1.807, 2.05) is 24.3 Å². The van der Waals surface area contributed by atoms with Crippen molar-refractivity contribution >= 4 is 31.8 Å². The van der Waals surface area contributed by atoms with Gasteiger partial charge in [-0.25, -0.2) is 4.98 Å². The number of piperidine rings is 1. The minimum atomic E-state index is -3.40. The lowest BCUT2D eigenvalue weighted by Gasteiger charge is -2.32. The maximum Gasteiger partial charge on any atom is 0.282 e. The predicted octanol–water partition coefficient (Wildman–Crippen LogP) is 2.70. The molecule has 1 atom stereocenters. The minimum absolute atomic E-state index is 0.326. The molecule has 1 saturated heterocycles. The largest absolute Gasteiger partial charge is 0.282 e. The Morgan fingerprint density at radius 1 is 1.41 bits per heavy atom. The van der Waals surface area contributed by atoms with Crippen molar-refractivity contribution in [1.82, 2.24) is 13.6 Å². The molecular formula is C15H21N3O2S2. The summed E-state index contributed by atoms with van der Waals surface area (Å²) in [5.74, 6) is 0.430. The highest BCUT2D eigenvalue weighted by Gasteiger charge is 2.30. The maximum absolute atomic E-state index is 12.7. The van der Waals surface area contributed by atoms with E-state index in [2.05, 4.69) is 11.9 Å². The highest BCUT2D eigenvalue weighted by molar-refractivity contribution is 7.86. The molecule has 2 heterocycles. The molecule has 0 amide bonds. The molecule has 7 heteroatoms. The van der Waals surface area contributed by atoms with Crippen LogP contribution in [0.5, 0.6) is 0 Å². The monoisotopic (exact) mass is 339 g/mol. The fourth-order valence-electron chi connectivity index (χ4n) is 2.81. The van der Waals surface area contributed by atoms with E-state index < -0.39 is 10.2 Å². The number of aromatic nitrogens is 1. The zero-order chi connectivity index (χ0) is 15.7. The molecule has 0 saturated carbocycles. The number of hydrogen-bond donors (Lipinski definition) is 0. The summed E-state index contributed by atoms with van der Waals surface area (Å²) in [6.45, 7) is 3.67. The Bertz CT molecular complexity index is 724. The smallest absolute Gasteiger partial charge is 0.240 e. The molecule has 0 radical (unpaired) electrons. The van der Waals surface area contributed by atoms with E-state index >= 15 is 0 Å². The van der Waals surface area contributed by atoms with Crippen LogP contribution in [-0.2, 0) is 16.8 Å². The molecule has 120 valence electrons. The highest BCUT2D eigenvalue weighted by Crippen LogP contribution is 2.25. The molecule has 1 aliphatic rings. The Morgan fingerprint density at radius 2 is 2.18 bits per heavy atom. The Balaban J connectivity index is 1.76. The van der Waals surface area contributed by atoms with E-state index in [1.54, 1.807) is 22.7 Å². The van der Waals surface area contributed by atoms with Gasteiger partial charge in [-0.05, 0) is 30.9 Å². The molecule has 1 unspecified atom stereocenters. The predicted molar refractivity (Wildman–Crippen MR) is 90.0 cm³/mol. The van der Waals surface area contributed by atoms with E-state index in [0.29, 0.717) is 25.6 Å². The van der Waals surface area contributed by atoms with Crippen molar-refractivity contribution in [3.8, 4) is 0 Å². The molecule has 1 aromatic heterocycles. The first-order valence-corrected chi connectivity index (χ1v) is 9.74. The standard InChI is InChI=1S/C15H21N3O2S2/c1-12-6-5-9-18(10-12)22(19,20)17(2)11-15-16-13-7-3-4-8-14(13)21-15/h3-4,7-8,12H,5-6,9-11H2,1-2H3. The lowest BCUT2D eigenvalue weighted by atomic mass is 10.0. The van der Waals surface area contributed by atoms with E-state index in [0.717, 1.165) is 28.1 Å². The van der Waals surface area contributed by atoms with Gasteiger partial charge in [0.05, 0.1) is 16.8 Å². The Hall–Kier alpha value is -1.02. The topological polar surface area (TPSA) is 53.5 Å². The Morgan fingerprint density at radius 3 is 2.91 bits per heavy atom. The molecule has 3 rings (SSSR count). The highest BCUT2D eigenvalue weighted by atomic mass is 32.2. The normalized spacial score (nSPS) is 20.8. The first-order valence-electron chi connectivity index (χ1n) is 7.52. The SMILES string of the molecule is CC1CCCN(S(=O)(=O)N(C)Cc2nc3ccccc3s2)C1. The number of fused-ring (bicyclic) bond motifs is 1. The van der Waals surface area contributed by atoms with Crippen molar-refractivity contribution in [2.75, 3.05) is 20.1 Å². The molecule has 2 aromatic rings. The summed E-state index contributed by atoms with van der Waals surface area (Å²) < 4.78 is 29.5. The third-order valence-corrected chi connectivity index (χ3v) is 6.96. The first-order chi connectivity index (χ1) is 10.5. The third kappa shape index (κ3) is 3.17. The van der Waals surface area contributed by atoms with Gasteiger partial charge in [0.15, 0.2) is 0 Å². The third-order valence-electron chi connectivity index (χ3n) is 4.04. The van der Waals surface area contributed by atoms with Gasteiger partial charge in [0.1, 0.15) is 5.01 Å². The second kappa shape index (κ2) is 6.23.